The normalized spacial score (nSPS) is 14.9. The summed E-state index contributed by atoms with van der Waals surface area (Å²) in [4.78, 5) is 26.0. The largest absolute Gasteiger partial charge is 0.481 e. The van der Waals surface area contributed by atoms with Gasteiger partial charge < -0.3 is 9.52 Å². The highest BCUT2D eigenvalue weighted by Crippen LogP contribution is 2.36. The van der Waals surface area contributed by atoms with Gasteiger partial charge in [0.15, 0.2) is 5.76 Å². The second kappa shape index (κ2) is 10.5. The number of nitrogens with zero attached hydrogens (tertiary/aromatic N) is 3. The van der Waals surface area contributed by atoms with Crippen LogP contribution in [-0.2, 0) is 9.59 Å². The number of thiocarbonyl (C=S) groups is 1. The van der Waals surface area contributed by atoms with Gasteiger partial charge in [0.05, 0.1) is 10.6 Å². The van der Waals surface area contributed by atoms with E-state index in [-0.39, 0.29) is 12.3 Å². The minimum absolute atomic E-state index is 0.133. The predicted molar refractivity (Wildman–Crippen MR) is 145 cm³/mol. The Kier molecular flexibility index (Phi) is 7.02. The number of carbonyl (C=O) groups is 2. The summed E-state index contributed by atoms with van der Waals surface area (Å²) >= 11 is 6.74. The lowest BCUT2D eigenvalue weighted by Gasteiger charge is -2.13. The van der Waals surface area contributed by atoms with Crippen LogP contribution in [0, 0.1) is 0 Å². The minimum Gasteiger partial charge on any atom is -0.481 e. The number of para-hydroxylation sites is 2. The third-order valence-corrected chi connectivity index (χ3v) is 7.23. The molecule has 36 heavy (non-hydrogen) atoms. The third kappa shape index (κ3) is 5.12. The van der Waals surface area contributed by atoms with E-state index < -0.39 is 5.97 Å². The van der Waals surface area contributed by atoms with Crippen LogP contribution >= 0.6 is 24.0 Å². The first-order chi connectivity index (χ1) is 17.5. The lowest BCUT2D eigenvalue weighted by atomic mass is 10.1. The zero-order valence-electron chi connectivity index (χ0n) is 19.3. The molecule has 1 aliphatic rings. The summed E-state index contributed by atoms with van der Waals surface area (Å²) in [6.07, 6.45) is 5.84. The van der Waals surface area contributed by atoms with Gasteiger partial charge in [-0.25, -0.2) is 4.68 Å². The number of amides is 1. The Hall–Kier alpha value is -3.69. The van der Waals surface area contributed by atoms with E-state index in [0.29, 0.717) is 40.1 Å². The maximum atomic E-state index is 13.2. The Balaban J connectivity index is 1.44. The standard InChI is InChI=1S/C27H23N3O4S2/c31-24(32)13-5-2-8-14-29-26(33)23(36-27(29)35)16-19-17-30(20-10-3-1-4-11-20)28-25(19)22-15-18-9-6-7-12-21(18)34-22/h1,3-4,6-7,9-12,15-17H,2,5,8,13-14H2,(H,31,32). The fourth-order valence-electron chi connectivity index (χ4n) is 4.05. The van der Waals surface area contributed by atoms with Crippen molar-refractivity contribution in [3.8, 4) is 17.1 Å². The summed E-state index contributed by atoms with van der Waals surface area (Å²) in [7, 11) is 0. The fourth-order valence-corrected chi connectivity index (χ4v) is 5.35. The smallest absolute Gasteiger partial charge is 0.303 e. The number of hydrogen-bond donors (Lipinski definition) is 1. The van der Waals surface area contributed by atoms with Crippen molar-refractivity contribution in [1.82, 2.24) is 14.7 Å². The second-order valence-electron chi connectivity index (χ2n) is 8.40. The van der Waals surface area contributed by atoms with Gasteiger partial charge in [-0.05, 0) is 43.2 Å². The first-order valence-electron chi connectivity index (χ1n) is 11.6. The Labute approximate surface area is 217 Å². The highest BCUT2D eigenvalue weighted by atomic mass is 32.2. The van der Waals surface area contributed by atoms with Crippen LogP contribution in [-0.4, -0.2) is 42.5 Å². The van der Waals surface area contributed by atoms with Gasteiger partial charge in [0.1, 0.15) is 15.6 Å². The Morgan fingerprint density at radius 3 is 2.64 bits per heavy atom. The molecule has 1 N–H and O–H groups in total. The average molecular weight is 518 g/mol. The average Bonchev–Trinajstić information content (AvgIpc) is 3.56. The van der Waals surface area contributed by atoms with Crippen molar-refractivity contribution in [3.63, 3.8) is 0 Å². The van der Waals surface area contributed by atoms with Gasteiger partial charge in [-0.15, -0.1) is 0 Å². The molecule has 2 aromatic carbocycles. The lowest BCUT2D eigenvalue weighted by Crippen LogP contribution is -2.29. The van der Waals surface area contributed by atoms with Crippen molar-refractivity contribution in [2.45, 2.75) is 25.7 Å². The zero-order chi connectivity index (χ0) is 25.1. The number of furan rings is 1. The molecule has 1 amide bonds. The summed E-state index contributed by atoms with van der Waals surface area (Å²) in [5.74, 6) is -0.336. The van der Waals surface area contributed by atoms with Gasteiger partial charge in [0, 0.05) is 30.1 Å². The molecule has 0 atom stereocenters. The first-order valence-corrected chi connectivity index (χ1v) is 12.8. The van der Waals surface area contributed by atoms with Gasteiger partial charge in [0.2, 0.25) is 0 Å². The Morgan fingerprint density at radius 2 is 1.86 bits per heavy atom. The van der Waals surface area contributed by atoms with E-state index in [9.17, 15) is 9.59 Å². The van der Waals surface area contributed by atoms with E-state index in [2.05, 4.69) is 0 Å². The summed E-state index contributed by atoms with van der Waals surface area (Å²) in [6.45, 7) is 0.474. The topological polar surface area (TPSA) is 88.6 Å². The van der Waals surface area contributed by atoms with Crippen LogP contribution in [0.15, 0.2) is 76.2 Å². The second-order valence-corrected chi connectivity index (χ2v) is 10.1. The van der Waals surface area contributed by atoms with E-state index in [1.54, 1.807) is 9.58 Å². The number of aromatic nitrogens is 2. The summed E-state index contributed by atoms with van der Waals surface area (Å²) in [6, 6.07) is 19.5. The molecule has 7 nitrogen and oxygen atoms in total. The number of aliphatic carboxylic acids is 1. The van der Waals surface area contributed by atoms with Crippen molar-refractivity contribution < 1.29 is 19.1 Å². The van der Waals surface area contributed by atoms with Crippen LogP contribution in [0.4, 0.5) is 0 Å². The van der Waals surface area contributed by atoms with Gasteiger partial charge in [-0.1, -0.05) is 66.8 Å². The summed E-state index contributed by atoms with van der Waals surface area (Å²) in [5.41, 5.74) is 3.04. The number of fused-ring (bicyclic) bond motifs is 1. The highest BCUT2D eigenvalue weighted by Gasteiger charge is 2.32. The highest BCUT2D eigenvalue weighted by molar-refractivity contribution is 8.26. The molecule has 0 saturated carbocycles. The number of hydrogen-bond acceptors (Lipinski definition) is 6. The van der Waals surface area contributed by atoms with Crippen LogP contribution in [0.3, 0.4) is 0 Å². The van der Waals surface area contributed by atoms with Gasteiger partial charge in [-0.2, -0.15) is 5.10 Å². The molecular formula is C27H23N3O4S2. The number of carbonyl (C=O) groups excluding carboxylic acids is 1. The van der Waals surface area contributed by atoms with Crippen molar-refractivity contribution in [2.24, 2.45) is 0 Å². The molecule has 0 aliphatic carbocycles. The molecule has 5 rings (SSSR count). The Bertz CT molecular complexity index is 1440. The van der Waals surface area contributed by atoms with E-state index in [1.807, 2.05) is 72.9 Å². The number of carboxylic acid groups (broad SMARTS) is 1. The molecule has 182 valence electrons. The third-order valence-electron chi connectivity index (χ3n) is 5.85. The van der Waals surface area contributed by atoms with E-state index in [4.69, 9.17) is 26.8 Å². The lowest BCUT2D eigenvalue weighted by molar-refractivity contribution is -0.137. The SMILES string of the molecule is O=C(O)CCCCCN1C(=O)C(=Cc2cn(-c3ccccc3)nc2-c2cc3ccccc3o2)SC1=S. The van der Waals surface area contributed by atoms with Gasteiger partial charge >= 0.3 is 5.97 Å². The van der Waals surface area contributed by atoms with E-state index in [0.717, 1.165) is 28.6 Å². The Morgan fingerprint density at radius 1 is 1.08 bits per heavy atom. The summed E-state index contributed by atoms with van der Waals surface area (Å²) < 4.78 is 8.38. The molecule has 1 fully saturated rings. The molecule has 2 aromatic heterocycles. The molecule has 9 heteroatoms. The maximum Gasteiger partial charge on any atom is 0.303 e. The zero-order valence-corrected chi connectivity index (χ0v) is 20.9. The van der Waals surface area contributed by atoms with Crippen LogP contribution < -0.4 is 0 Å². The number of rotatable bonds is 9. The van der Waals surface area contributed by atoms with Crippen LogP contribution in [0.1, 0.15) is 31.2 Å². The minimum atomic E-state index is -0.806. The molecule has 0 unspecified atom stereocenters. The van der Waals surface area contributed by atoms with Gasteiger partial charge in [-0.3, -0.25) is 14.5 Å². The van der Waals surface area contributed by atoms with Crippen LogP contribution in [0.2, 0.25) is 0 Å². The van der Waals surface area contributed by atoms with Crippen molar-refractivity contribution in [3.05, 3.63) is 77.3 Å². The summed E-state index contributed by atoms with van der Waals surface area (Å²) in [5, 5.41) is 14.6. The fraction of sp³-hybridized carbons (Fsp3) is 0.185. The number of carboxylic acids is 1. The van der Waals surface area contributed by atoms with Crippen LogP contribution in [0.25, 0.3) is 34.2 Å². The molecule has 1 saturated heterocycles. The monoisotopic (exact) mass is 517 g/mol. The van der Waals surface area contributed by atoms with Crippen molar-refractivity contribution in [2.75, 3.05) is 6.54 Å². The molecule has 0 radical (unpaired) electrons. The maximum absolute atomic E-state index is 13.2. The molecule has 1 aliphatic heterocycles. The van der Waals surface area contributed by atoms with Gasteiger partial charge in [0.25, 0.3) is 5.91 Å². The van der Waals surface area contributed by atoms with Crippen molar-refractivity contribution >= 4 is 57.2 Å². The number of unbranched alkanes of at least 4 members (excludes halogenated alkanes) is 2. The van der Waals surface area contributed by atoms with E-state index >= 15 is 0 Å². The molecular weight excluding hydrogens is 494 g/mol. The molecule has 0 bridgehead atoms. The molecule has 3 heterocycles. The van der Waals surface area contributed by atoms with Crippen molar-refractivity contribution in [1.29, 1.82) is 0 Å². The first kappa shape index (κ1) is 24.0. The van der Waals surface area contributed by atoms with E-state index in [1.165, 1.54) is 11.8 Å². The predicted octanol–water partition coefficient (Wildman–Crippen LogP) is 6.13. The molecule has 4 aromatic rings. The number of benzene rings is 2. The molecule has 0 spiro atoms. The quantitative estimate of drug-likeness (QED) is 0.162. The number of thioether (sulfide) groups is 1. The van der Waals surface area contributed by atoms with Crippen LogP contribution in [0.5, 0.6) is 0 Å².